The number of piperazine rings is 1. The van der Waals surface area contributed by atoms with Crippen LogP contribution in [-0.2, 0) is 9.31 Å². The Hall–Kier alpha value is -1.08. The quantitative estimate of drug-likeness (QED) is 0.836. The molecule has 0 amide bonds. The van der Waals surface area contributed by atoms with E-state index in [2.05, 4.69) is 4.90 Å². The second kappa shape index (κ2) is 6.58. The van der Waals surface area contributed by atoms with Gasteiger partial charge in [0.25, 0.3) is 0 Å². The van der Waals surface area contributed by atoms with Crippen LogP contribution in [0.5, 0.6) is 0 Å². The van der Waals surface area contributed by atoms with E-state index >= 15 is 0 Å². The Kier molecular flexibility index (Phi) is 4.92. The highest BCUT2D eigenvalue weighted by molar-refractivity contribution is 6.62. The zero-order valence-corrected chi connectivity index (χ0v) is 15.8. The van der Waals surface area contributed by atoms with Gasteiger partial charge in [-0.05, 0) is 46.7 Å². The highest BCUT2D eigenvalue weighted by Crippen LogP contribution is 2.36. The van der Waals surface area contributed by atoms with E-state index in [-0.39, 0.29) is 5.82 Å². The van der Waals surface area contributed by atoms with Crippen LogP contribution >= 0.6 is 0 Å². The number of nitrogens with zero attached hydrogens (tertiary/aromatic N) is 2. The predicted octanol–water partition coefficient (Wildman–Crippen LogP) is 1.36. The molecule has 2 heterocycles. The summed E-state index contributed by atoms with van der Waals surface area (Å²) in [5.41, 5.74) is 0.313. The average Bonchev–Trinajstić information content (AvgIpc) is 2.75. The van der Waals surface area contributed by atoms with Gasteiger partial charge in [-0.2, -0.15) is 0 Å². The molecule has 0 bridgehead atoms. The molecule has 0 atom stereocenters. The van der Waals surface area contributed by atoms with Gasteiger partial charge >= 0.3 is 14.2 Å². The van der Waals surface area contributed by atoms with Gasteiger partial charge in [0.15, 0.2) is 0 Å². The second-order valence-electron chi connectivity index (χ2n) is 7.95. The van der Waals surface area contributed by atoms with Gasteiger partial charge in [0.1, 0.15) is 5.82 Å². The van der Waals surface area contributed by atoms with Crippen molar-refractivity contribution >= 4 is 25.3 Å². The van der Waals surface area contributed by atoms with Gasteiger partial charge in [0.2, 0.25) is 0 Å². The fraction of sp³-hybridized carbons (Fsp3) is 0.647. The standard InChI is InChI=1S/C17H27B2FN2O3/c1-16(2)17(3,4)25-19(24-16)14-7-6-13(12-15(14)20)21-8-10-22(11-9-21)18(5)23/h6-7,12,23H,8-11H2,1-5H3. The number of benzene rings is 1. The maximum atomic E-state index is 14.7. The summed E-state index contributed by atoms with van der Waals surface area (Å²) in [6, 6.07) is 5.23. The van der Waals surface area contributed by atoms with Gasteiger partial charge in [-0.15, -0.1) is 0 Å². The Labute approximate surface area is 150 Å². The summed E-state index contributed by atoms with van der Waals surface area (Å²) in [6.07, 6.45) is 0. The minimum absolute atomic E-state index is 0.311. The summed E-state index contributed by atoms with van der Waals surface area (Å²) in [6.45, 7) is 12.7. The van der Waals surface area contributed by atoms with Crippen LogP contribution in [0, 0.1) is 5.82 Å². The van der Waals surface area contributed by atoms with Crippen molar-refractivity contribution in [3.8, 4) is 0 Å². The molecule has 2 aliphatic heterocycles. The molecule has 0 unspecified atom stereocenters. The monoisotopic (exact) mass is 348 g/mol. The number of hydrogen-bond acceptors (Lipinski definition) is 5. The minimum Gasteiger partial charge on any atom is -0.437 e. The van der Waals surface area contributed by atoms with Crippen LogP contribution in [0.25, 0.3) is 0 Å². The minimum atomic E-state index is -0.689. The summed E-state index contributed by atoms with van der Waals surface area (Å²) in [4.78, 5) is 4.14. The van der Waals surface area contributed by atoms with Crippen molar-refractivity contribution < 1.29 is 18.7 Å². The number of halogens is 1. The molecule has 0 saturated carbocycles. The predicted molar refractivity (Wildman–Crippen MR) is 99.7 cm³/mol. The SMILES string of the molecule is CB(O)N1CCN(c2ccc(B3OC(C)(C)C(C)(C)O3)c(F)c2)CC1. The van der Waals surface area contributed by atoms with Gasteiger partial charge < -0.3 is 24.0 Å². The van der Waals surface area contributed by atoms with E-state index in [1.807, 2.05) is 38.6 Å². The summed E-state index contributed by atoms with van der Waals surface area (Å²) < 4.78 is 26.6. The van der Waals surface area contributed by atoms with Crippen molar-refractivity contribution in [2.24, 2.45) is 0 Å². The Morgan fingerprint density at radius 3 is 2.12 bits per heavy atom. The fourth-order valence-corrected chi connectivity index (χ4v) is 3.23. The number of anilines is 1. The largest absolute Gasteiger partial charge is 0.497 e. The number of rotatable bonds is 3. The molecule has 2 aliphatic rings. The third-order valence-electron chi connectivity index (χ3n) is 5.70. The molecular weight excluding hydrogens is 321 g/mol. The fourth-order valence-electron chi connectivity index (χ4n) is 3.23. The molecule has 25 heavy (non-hydrogen) atoms. The van der Waals surface area contributed by atoms with Crippen LogP contribution in [0.1, 0.15) is 27.7 Å². The molecular formula is C17H27B2FN2O3. The smallest absolute Gasteiger partial charge is 0.437 e. The van der Waals surface area contributed by atoms with Crippen molar-refractivity contribution in [1.82, 2.24) is 4.81 Å². The molecule has 1 aromatic carbocycles. The molecule has 5 nitrogen and oxygen atoms in total. The molecule has 0 spiro atoms. The maximum Gasteiger partial charge on any atom is 0.497 e. The van der Waals surface area contributed by atoms with Crippen LogP contribution in [0.15, 0.2) is 18.2 Å². The number of hydrogen-bond donors (Lipinski definition) is 1. The van der Waals surface area contributed by atoms with Crippen LogP contribution in [0.3, 0.4) is 0 Å². The van der Waals surface area contributed by atoms with Gasteiger partial charge in [0, 0.05) is 37.3 Å². The second-order valence-corrected chi connectivity index (χ2v) is 7.95. The lowest BCUT2D eigenvalue weighted by Crippen LogP contribution is -2.51. The van der Waals surface area contributed by atoms with E-state index in [1.54, 1.807) is 19.0 Å². The molecule has 1 N–H and O–H groups in total. The van der Waals surface area contributed by atoms with Crippen molar-refractivity contribution in [1.29, 1.82) is 0 Å². The molecule has 136 valence electrons. The Balaban J connectivity index is 1.72. The van der Waals surface area contributed by atoms with E-state index in [1.165, 1.54) is 0 Å². The lowest BCUT2D eigenvalue weighted by molar-refractivity contribution is 0.00578. The zero-order valence-electron chi connectivity index (χ0n) is 15.8. The van der Waals surface area contributed by atoms with Gasteiger partial charge in [-0.25, -0.2) is 4.39 Å². The van der Waals surface area contributed by atoms with E-state index in [9.17, 15) is 9.41 Å². The maximum absolute atomic E-state index is 14.7. The Morgan fingerprint density at radius 2 is 1.64 bits per heavy atom. The van der Waals surface area contributed by atoms with Gasteiger partial charge in [-0.1, -0.05) is 6.07 Å². The first kappa shape index (κ1) is 18.7. The van der Waals surface area contributed by atoms with Crippen LogP contribution in [0.2, 0.25) is 6.82 Å². The zero-order chi connectivity index (χ0) is 18.4. The lowest BCUT2D eigenvalue weighted by Gasteiger charge is -2.36. The molecule has 2 saturated heterocycles. The van der Waals surface area contributed by atoms with Crippen molar-refractivity contribution in [3.63, 3.8) is 0 Å². The van der Waals surface area contributed by atoms with Crippen molar-refractivity contribution in [2.75, 3.05) is 31.1 Å². The molecule has 0 aliphatic carbocycles. The summed E-state index contributed by atoms with van der Waals surface area (Å²) in [5.74, 6) is -0.311. The van der Waals surface area contributed by atoms with Gasteiger partial charge in [-0.3, -0.25) is 0 Å². The van der Waals surface area contributed by atoms with Crippen molar-refractivity contribution in [3.05, 3.63) is 24.0 Å². The summed E-state index contributed by atoms with van der Waals surface area (Å²) >= 11 is 0. The highest BCUT2D eigenvalue weighted by Gasteiger charge is 2.52. The lowest BCUT2D eigenvalue weighted by atomic mass is 9.78. The summed E-state index contributed by atoms with van der Waals surface area (Å²) in [7, 11) is -1.13. The first-order valence-corrected chi connectivity index (χ1v) is 8.93. The highest BCUT2D eigenvalue weighted by atomic mass is 19.1. The molecule has 1 aromatic rings. The van der Waals surface area contributed by atoms with Crippen LogP contribution < -0.4 is 10.4 Å². The molecule has 0 radical (unpaired) electrons. The molecule has 2 fully saturated rings. The molecule has 8 heteroatoms. The van der Waals surface area contributed by atoms with E-state index in [0.29, 0.717) is 5.46 Å². The normalized spacial score (nSPS) is 23.2. The Bertz CT molecular complexity index is 618. The first-order chi connectivity index (χ1) is 11.6. The van der Waals surface area contributed by atoms with Crippen LogP contribution in [0.4, 0.5) is 10.1 Å². The molecule has 0 aromatic heterocycles. The third kappa shape index (κ3) is 3.58. The topological polar surface area (TPSA) is 45.2 Å². The van der Waals surface area contributed by atoms with Crippen molar-refractivity contribution in [2.45, 2.75) is 45.7 Å². The summed E-state index contributed by atoms with van der Waals surface area (Å²) in [5, 5.41) is 9.64. The van der Waals surface area contributed by atoms with Gasteiger partial charge in [0.05, 0.1) is 11.2 Å². The van der Waals surface area contributed by atoms with E-state index in [0.717, 1.165) is 31.9 Å². The first-order valence-electron chi connectivity index (χ1n) is 8.93. The third-order valence-corrected chi connectivity index (χ3v) is 5.70. The van der Waals surface area contributed by atoms with Crippen LogP contribution in [-0.4, -0.2) is 61.4 Å². The molecule has 3 rings (SSSR count). The Morgan fingerprint density at radius 1 is 1.08 bits per heavy atom. The van der Waals surface area contributed by atoms with E-state index < -0.39 is 25.4 Å². The average molecular weight is 348 g/mol. The van der Waals surface area contributed by atoms with E-state index in [4.69, 9.17) is 9.31 Å².